The van der Waals surface area contributed by atoms with E-state index in [0.717, 1.165) is 12.1 Å². The van der Waals surface area contributed by atoms with E-state index in [4.69, 9.17) is 16.3 Å². The molecule has 1 N–H and O–H groups in total. The molecule has 0 saturated carbocycles. The molecule has 1 aromatic heterocycles. The zero-order valence-corrected chi connectivity index (χ0v) is 14.1. The lowest BCUT2D eigenvalue weighted by molar-refractivity contribution is -0.137. The molecule has 3 rings (SSSR count). The van der Waals surface area contributed by atoms with Gasteiger partial charge in [-0.05, 0) is 17.7 Å². The third-order valence-corrected chi connectivity index (χ3v) is 4.27. The number of aromatic nitrogens is 2. The van der Waals surface area contributed by atoms with Crippen molar-refractivity contribution in [3.8, 4) is 0 Å². The van der Waals surface area contributed by atoms with Crippen LogP contribution in [0.2, 0.25) is 5.15 Å². The Kier molecular flexibility index (Phi) is 5.01. The molecule has 0 bridgehead atoms. The van der Waals surface area contributed by atoms with Crippen molar-refractivity contribution >= 4 is 23.1 Å². The molecule has 0 amide bonds. The number of nitrogens with zero attached hydrogens (tertiary/aromatic N) is 3. The average molecular weight is 373 g/mol. The minimum atomic E-state index is -4.39. The summed E-state index contributed by atoms with van der Waals surface area (Å²) in [5.74, 6) is 0.600. The third kappa shape index (κ3) is 3.80. The summed E-state index contributed by atoms with van der Waals surface area (Å²) in [6, 6.07) is 5.20. The van der Waals surface area contributed by atoms with Gasteiger partial charge in [0.1, 0.15) is 18.1 Å². The fraction of sp³-hybridized carbons (Fsp3) is 0.375. The monoisotopic (exact) mass is 372 g/mol. The maximum absolute atomic E-state index is 12.9. The molecule has 2 heterocycles. The van der Waals surface area contributed by atoms with Gasteiger partial charge in [-0.3, -0.25) is 0 Å². The maximum atomic E-state index is 12.9. The average Bonchev–Trinajstić information content (AvgIpc) is 2.61. The second-order valence-corrected chi connectivity index (χ2v) is 5.90. The Morgan fingerprint density at radius 3 is 2.84 bits per heavy atom. The molecule has 1 aliphatic rings. The van der Waals surface area contributed by atoms with E-state index >= 15 is 0 Å². The molecule has 0 radical (unpaired) electrons. The van der Waals surface area contributed by atoms with Crippen molar-refractivity contribution in [1.82, 2.24) is 9.97 Å². The van der Waals surface area contributed by atoms with E-state index in [1.54, 1.807) is 13.1 Å². The fourth-order valence-electron chi connectivity index (χ4n) is 2.77. The van der Waals surface area contributed by atoms with Crippen LogP contribution in [0.1, 0.15) is 17.2 Å². The largest absolute Gasteiger partial charge is 0.416 e. The summed E-state index contributed by atoms with van der Waals surface area (Å²) in [7, 11) is 1.71. The lowest BCUT2D eigenvalue weighted by Crippen LogP contribution is -2.39. The van der Waals surface area contributed by atoms with Crippen LogP contribution in [0, 0.1) is 0 Å². The molecule has 1 saturated heterocycles. The van der Waals surface area contributed by atoms with Gasteiger partial charge in [0.05, 0.1) is 12.2 Å². The zero-order chi connectivity index (χ0) is 18.0. The summed E-state index contributed by atoms with van der Waals surface area (Å²) in [5.41, 5.74) is 0.367. The van der Waals surface area contributed by atoms with E-state index in [9.17, 15) is 13.2 Å². The number of alkyl halides is 3. The third-order valence-electron chi connectivity index (χ3n) is 3.98. The van der Waals surface area contributed by atoms with E-state index < -0.39 is 17.8 Å². The number of rotatable bonds is 3. The highest BCUT2D eigenvalue weighted by atomic mass is 35.5. The van der Waals surface area contributed by atoms with Crippen LogP contribution in [0.5, 0.6) is 0 Å². The van der Waals surface area contributed by atoms with Crippen LogP contribution in [0.25, 0.3) is 0 Å². The first-order chi connectivity index (χ1) is 11.9. The molecule has 2 aromatic rings. The lowest BCUT2D eigenvalue weighted by atomic mass is 10.0. The standard InChI is InChI=1S/C16H16ClF3N4O/c1-21-13-14(17)22-9-23-15(13)24-5-6-25-12(8-24)10-3-2-4-11(7-10)16(18,19)20/h2-4,7,9,12,21H,5-6,8H2,1H3. The van der Waals surface area contributed by atoms with Gasteiger partial charge in [0.25, 0.3) is 0 Å². The Morgan fingerprint density at radius 1 is 1.32 bits per heavy atom. The van der Waals surface area contributed by atoms with Crippen LogP contribution in [-0.4, -0.2) is 36.7 Å². The minimum Gasteiger partial charge on any atom is -0.383 e. The van der Waals surface area contributed by atoms with Crippen LogP contribution in [-0.2, 0) is 10.9 Å². The molecule has 1 unspecified atom stereocenters. The highest BCUT2D eigenvalue weighted by Gasteiger charge is 2.32. The Morgan fingerprint density at radius 2 is 2.12 bits per heavy atom. The molecule has 9 heteroatoms. The number of anilines is 2. The minimum absolute atomic E-state index is 0.287. The van der Waals surface area contributed by atoms with Gasteiger partial charge in [0.2, 0.25) is 0 Å². The molecule has 1 aliphatic heterocycles. The van der Waals surface area contributed by atoms with Gasteiger partial charge in [0.15, 0.2) is 11.0 Å². The van der Waals surface area contributed by atoms with Crippen LogP contribution in [0.3, 0.4) is 0 Å². The number of nitrogens with one attached hydrogen (secondary N) is 1. The van der Waals surface area contributed by atoms with Gasteiger partial charge < -0.3 is 15.0 Å². The van der Waals surface area contributed by atoms with Gasteiger partial charge in [0, 0.05) is 20.1 Å². The maximum Gasteiger partial charge on any atom is 0.416 e. The van der Waals surface area contributed by atoms with E-state index in [1.165, 1.54) is 12.4 Å². The molecule has 134 valence electrons. The van der Waals surface area contributed by atoms with Crippen molar-refractivity contribution in [1.29, 1.82) is 0 Å². The first-order valence-corrected chi connectivity index (χ1v) is 8.00. The van der Waals surface area contributed by atoms with Gasteiger partial charge in [-0.15, -0.1) is 0 Å². The Labute approximate surface area is 147 Å². The molecule has 5 nitrogen and oxygen atoms in total. The Hall–Kier alpha value is -2.06. The van der Waals surface area contributed by atoms with Crippen LogP contribution in [0.15, 0.2) is 30.6 Å². The number of halogens is 4. The van der Waals surface area contributed by atoms with E-state index in [1.807, 2.05) is 4.90 Å². The summed E-state index contributed by atoms with van der Waals surface area (Å²) in [6.07, 6.45) is -3.52. The lowest BCUT2D eigenvalue weighted by Gasteiger charge is -2.35. The molecule has 1 aromatic carbocycles. The van der Waals surface area contributed by atoms with Crippen LogP contribution < -0.4 is 10.2 Å². The predicted octanol–water partition coefficient (Wildman–Crippen LogP) is 3.77. The number of ether oxygens (including phenoxy) is 1. The second kappa shape index (κ2) is 7.05. The Balaban J connectivity index is 1.86. The van der Waals surface area contributed by atoms with E-state index in [0.29, 0.717) is 36.8 Å². The van der Waals surface area contributed by atoms with Crippen LogP contribution >= 0.6 is 11.6 Å². The highest BCUT2D eigenvalue weighted by Crippen LogP contribution is 2.34. The molecular formula is C16H16ClF3N4O. The van der Waals surface area contributed by atoms with Gasteiger partial charge in [-0.2, -0.15) is 13.2 Å². The molecule has 0 aliphatic carbocycles. The van der Waals surface area contributed by atoms with Crippen molar-refractivity contribution < 1.29 is 17.9 Å². The Bertz CT molecular complexity index is 756. The first-order valence-electron chi connectivity index (χ1n) is 7.62. The second-order valence-electron chi connectivity index (χ2n) is 5.54. The summed E-state index contributed by atoms with van der Waals surface area (Å²) in [5, 5.41) is 3.24. The molecule has 1 atom stereocenters. The summed E-state index contributed by atoms with van der Waals surface area (Å²) in [6.45, 7) is 1.28. The van der Waals surface area contributed by atoms with Crippen molar-refractivity contribution in [3.63, 3.8) is 0 Å². The highest BCUT2D eigenvalue weighted by molar-refractivity contribution is 6.32. The van der Waals surface area contributed by atoms with Gasteiger partial charge in [-0.25, -0.2) is 9.97 Å². The predicted molar refractivity (Wildman–Crippen MR) is 88.9 cm³/mol. The van der Waals surface area contributed by atoms with Crippen LogP contribution in [0.4, 0.5) is 24.7 Å². The number of hydrogen-bond acceptors (Lipinski definition) is 5. The molecule has 1 fully saturated rings. The summed E-state index contributed by atoms with van der Waals surface area (Å²) >= 11 is 6.08. The zero-order valence-electron chi connectivity index (χ0n) is 13.3. The van der Waals surface area contributed by atoms with Crippen molar-refractivity contribution in [2.45, 2.75) is 12.3 Å². The SMILES string of the molecule is CNc1c(Cl)ncnc1N1CCOC(c2cccc(C(F)(F)F)c2)C1. The van der Waals surface area contributed by atoms with Gasteiger partial charge >= 0.3 is 6.18 Å². The van der Waals surface area contributed by atoms with Crippen molar-refractivity contribution in [3.05, 3.63) is 46.9 Å². The topological polar surface area (TPSA) is 50.3 Å². The summed E-state index contributed by atoms with van der Waals surface area (Å²) in [4.78, 5) is 10.1. The van der Waals surface area contributed by atoms with Crippen molar-refractivity contribution in [2.24, 2.45) is 0 Å². The number of hydrogen-bond donors (Lipinski definition) is 1. The smallest absolute Gasteiger partial charge is 0.383 e. The van der Waals surface area contributed by atoms with Gasteiger partial charge in [-0.1, -0.05) is 23.7 Å². The fourth-order valence-corrected chi connectivity index (χ4v) is 2.99. The van der Waals surface area contributed by atoms with E-state index in [2.05, 4.69) is 15.3 Å². The quantitative estimate of drug-likeness (QED) is 0.831. The number of morpholine rings is 1. The first kappa shape index (κ1) is 17.8. The number of benzene rings is 1. The summed E-state index contributed by atoms with van der Waals surface area (Å²) < 4.78 is 44.5. The molecular weight excluding hydrogens is 357 g/mol. The molecule has 0 spiro atoms. The van der Waals surface area contributed by atoms with Crippen molar-refractivity contribution in [2.75, 3.05) is 37.0 Å². The molecule has 25 heavy (non-hydrogen) atoms. The van der Waals surface area contributed by atoms with E-state index in [-0.39, 0.29) is 5.15 Å². The normalized spacial score (nSPS) is 18.3.